The van der Waals surface area contributed by atoms with Gasteiger partial charge in [0.15, 0.2) is 0 Å². The molecule has 0 atom stereocenters. The van der Waals surface area contributed by atoms with Crippen LogP contribution < -0.4 is 0 Å². The van der Waals surface area contributed by atoms with Crippen LogP contribution in [0.2, 0.25) is 0 Å². The maximum Gasteiger partial charge on any atom is 0 e. The summed E-state index contributed by atoms with van der Waals surface area (Å²) in [4.78, 5) is 0. The molecule has 1 radical (unpaired) electrons. The van der Waals surface area contributed by atoms with Gasteiger partial charge in [0.1, 0.15) is 0 Å². The van der Waals surface area contributed by atoms with Gasteiger partial charge in [-0.2, -0.15) is 6.42 Å². The van der Waals surface area contributed by atoms with E-state index in [0.717, 1.165) is 12.3 Å². The van der Waals surface area contributed by atoms with Crippen LogP contribution in [0, 0.1) is 12.8 Å². The van der Waals surface area contributed by atoms with E-state index in [1.807, 2.05) is 0 Å². The molecule has 0 bridgehead atoms. The minimum absolute atomic E-state index is 0. The fraction of sp³-hybridized carbons (Fsp3) is 0.857. The van der Waals surface area contributed by atoms with Gasteiger partial charge in [0.05, 0.1) is 0 Å². The maximum absolute atomic E-state index is 3.76. The Morgan fingerprint density at radius 2 is 1.88 bits per heavy atom. The van der Waals surface area contributed by atoms with Crippen LogP contribution in [-0.2, 0) is 32.7 Å². The Labute approximate surface area is 78.3 Å². The zero-order valence-electron chi connectivity index (χ0n) is 5.98. The second-order valence-electron chi connectivity index (χ2n) is 2.39. The van der Waals surface area contributed by atoms with E-state index in [1.54, 1.807) is 0 Å². The average molecular weight is 188 g/mol. The first-order valence-corrected chi connectivity index (χ1v) is 3.06. The van der Waals surface area contributed by atoms with E-state index < -0.39 is 0 Å². The Hall–Kier alpha value is 1.10. The molecule has 0 aromatic heterocycles. The van der Waals surface area contributed by atoms with Gasteiger partial charge in [-0.15, -0.1) is 0 Å². The first-order valence-electron chi connectivity index (χ1n) is 3.06. The third kappa shape index (κ3) is 10.2. The molecule has 0 amide bonds. The first-order chi connectivity index (χ1) is 3.27. The van der Waals surface area contributed by atoms with Crippen LogP contribution in [0.1, 0.15) is 33.1 Å². The van der Waals surface area contributed by atoms with Crippen molar-refractivity contribution in [2.24, 2.45) is 5.92 Å². The van der Waals surface area contributed by atoms with Crippen LogP contribution in [-0.4, -0.2) is 0 Å². The molecule has 0 saturated heterocycles. The predicted octanol–water partition coefficient (Wildman–Crippen LogP) is 2.64. The van der Waals surface area contributed by atoms with Crippen molar-refractivity contribution in [1.29, 1.82) is 0 Å². The number of hydrogen-bond donors (Lipinski definition) is 0. The normalized spacial score (nSPS) is 9.00. The predicted molar refractivity (Wildman–Crippen MR) is 34.0 cm³/mol. The Bertz CT molecular complexity index is 33.4. The molecule has 0 fully saturated rings. The molecule has 0 aliphatic carbocycles. The second kappa shape index (κ2) is 8.10. The molecule has 47 valence electrons. The van der Waals surface area contributed by atoms with Crippen molar-refractivity contribution < 1.29 is 32.7 Å². The van der Waals surface area contributed by atoms with Gasteiger partial charge in [-0.05, 0) is 5.92 Å². The first kappa shape index (κ1) is 11.8. The summed E-state index contributed by atoms with van der Waals surface area (Å²) in [5.41, 5.74) is 0. The van der Waals surface area contributed by atoms with Crippen LogP contribution in [0.4, 0.5) is 0 Å². The SMILES string of the molecule is [CH2-]CCCC(C)C.[Y]. The van der Waals surface area contributed by atoms with Crippen LogP contribution in [0.25, 0.3) is 0 Å². The van der Waals surface area contributed by atoms with Gasteiger partial charge >= 0.3 is 0 Å². The summed E-state index contributed by atoms with van der Waals surface area (Å²) in [6, 6.07) is 0. The molecule has 0 aromatic carbocycles. The monoisotopic (exact) mass is 188 g/mol. The summed E-state index contributed by atoms with van der Waals surface area (Å²) in [5, 5.41) is 0. The summed E-state index contributed by atoms with van der Waals surface area (Å²) >= 11 is 0. The second-order valence-corrected chi connectivity index (χ2v) is 2.39. The van der Waals surface area contributed by atoms with E-state index in [2.05, 4.69) is 20.8 Å². The molecule has 0 nitrogen and oxygen atoms in total. The van der Waals surface area contributed by atoms with Crippen LogP contribution in [0.15, 0.2) is 0 Å². The molecular formula is C7H15Y-. The van der Waals surface area contributed by atoms with Crippen LogP contribution in [0.3, 0.4) is 0 Å². The van der Waals surface area contributed by atoms with Gasteiger partial charge in [0.2, 0.25) is 0 Å². The summed E-state index contributed by atoms with van der Waals surface area (Å²) in [5.74, 6) is 0.863. The summed E-state index contributed by atoms with van der Waals surface area (Å²) in [6.45, 7) is 8.25. The number of rotatable bonds is 3. The minimum Gasteiger partial charge on any atom is -0.343 e. The molecule has 0 aliphatic heterocycles. The van der Waals surface area contributed by atoms with Crippen LogP contribution >= 0.6 is 0 Å². The molecular weight excluding hydrogens is 173 g/mol. The molecule has 0 rings (SSSR count). The summed E-state index contributed by atoms with van der Waals surface area (Å²) < 4.78 is 0. The van der Waals surface area contributed by atoms with Crippen molar-refractivity contribution in [3.8, 4) is 0 Å². The number of unbranched alkanes of at least 4 members (excludes halogenated alkanes) is 1. The van der Waals surface area contributed by atoms with Gasteiger partial charge < -0.3 is 6.92 Å². The van der Waals surface area contributed by atoms with Crippen molar-refractivity contribution >= 4 is 0 Å². The largest absolute Gasteiger partial charge is 0.343 e. The molecule has 0 aliphatic rings. The molecule has 8 heavy (non-hydrogen) atoms. The van der Waals surface area contributed by atoms with E-state index in [4.69, 9.17) is 0 Å². The van der Waals surface area contributed by atoms with Gasteiger partial charge in [-0.3, -0.25) is 0 Å². The fourth-order valence-corrected chi connectivity index (χ4v) is 0.553. The minimum atomic E-state index is 0. The van der Waals surface area contributed by atoms with E-state index in [-0.39, 0.29) is 32.7 Å². The average Bonchev–Trinajstić information content (AvgIpc) is 1.61. The smallest absolute Gasteiger partial charge is 0 e. The summed E-state index contributed by atoms with van der Waals surface area (Å²) in [7, 11) is 0. The van der Waals surface area contributed by atoms with Gasteiger partial charge in [0, 0.05) is 32.7 Å². The molecule has 0 aromatic rings. The topological polar surface area (TPSA) is 0 Å². The van der Waals surface area contributed by atoms with Crippen LogP contribution in [0.5, 0.6) is 0 Å². The Morgan fingerprint density at radius 3 is 2.00 bits per heavy atom. The Morgan fingerprint density at radius 1 is 1.38 bits per heavy atom. The standard InChI is InChI=1S/C7H15.Y/c1-4-5-6-7(2)3;/h7H,1,4-6H2,2-3H3;/q-1;. The van der Waals surface area contributed by atoms with E-state index in [9.17, 15) is 0 Å². The van der Waals surface area contributed by atoms with Gasteiger partial charge in [-0.1, -0.05) is 26.7 Å². The van der Waals surface area contributed by atoms with Gasteiger partial charge in [-0.25, -0.2) is 0 Å². The fourth-order valence-electron chi connectivity index (χ4n) is 0.553. The molecule has 1 heteroatoms. The zero-order chi connectivity index (χ0) is 5.70. The van der Waals surface area contributed by atoms with Crippen molar-refractivity contribution in [2.75, 3.05) is 0 Å². The Kier molecular flexibility index (Phi) is 12.0. The van der Waals surface area contributed by atoms with E-state index in [1.165, 1.54) is 12.8 Å². The number of hydrogen-bond acceptors (Lipinski definition) is 0. The maximum atomic E-state index is 3.76. The molecule has 0 heterocycles. The van der Waals surface area contributed by atoms with Crippen molar-refractivity contribution in [3.63, 3.8) is 0 Å². The molecule has 0 N–H and O–H groups in total. The van der Waals surface area contributed by atoms with Crippen molar-refractivity contribution in [3.05, 3.63) is 6.92 Å². The quantitative estimate of drug-likeness (QED) is 0.597. The Balaban J connectivity index is 0. The molecule has 0 unspecified atom stereocenters. The summed E-state index contributed by atoms with van der Waals surface area (Å²) in [6.07, 6.45) is 3.72. The zero-order valence-corrected chi connectivity index (χ0v) is 8.82. The van der Waals surface area contributed by atoms with Crippen molar-refractivity contribution in [1.82, 2.24) is 0 Å². The van der Waals surface area contributed by atoms with E-state index >= 15 is 0 Å². The van der Waals surface area contributed by atoms with Gasteiger partial charge in [0.25, 0.3) is 0 Å². The van der Waals surface area contributed by atoms with Crippen molar-refractivity contribution in [2.45, 2.75) is 33.1 Å². The van der Waals surface area contributed by atoms with E-state index in [0.29, 0.717) is 0 Å². The molecule has 0 saturated carbocycles. The molecule has 0 spiro atoms. The third-order valence-electron chi connectivity index (χ3n) is 1.03. The third-order valence-corrected chi connectivity index (χ3v) is 1.03.